The third-order valence-electron chi connectivity index (χ3n) is 2.25. The summed E-state index contributed by atoms with van der Waals surface area (Å²) in [6, 6.07) is 1.70. The molecule has 62 valence electrons. The van der Waals surface area contributed by atoms with E-state index >= 15 is 0 Å². The van der Waals surface area contributed by atoms with Crippen LogP contribution in [0, 0.1) is 0 Å². The van der Waals surface area contributed by atoms with Crippen LogP contribution in [0.2, 0.25) is 0 Å². The Morgan fingerprint density at radius 1 is 1.50 bits per heavy atom. The van der Waals surface area contributed by atoms with E-state index in [-0.39, 0.29) is 5.91 Å². The molecule has 0 fully saturated rings. The van der Waals surface area contributed by atoms with E-state index < -0.39 is 0 Å². The Kier molecular flexibility index (Phi) is 1.57. The predicted molar refractivity (Wildman–Crippen MR) is 44.8 cm³/mol. The van der Waals surface area contributed by atoms with Crippen molar-refractivity contribution < 1.29 is 4.79 Å². The first-order chi connectivity index (χ1) is 5.79. The van der Waals surface area contributed by atoms with Gasteiger partial charge < -0.3 is 5.73 Å². The molecule has 0 aromatic carbocycles. The summed E-state index contributed by atoms with van der Waals surface area (Å²) in [7, 11) is 0. The third-order valence-corrected chi connectivity index (χ3v) is 2.25. The number of carbonyl (C=O) groups is 1. The SMILES string of the molecule is NC(=O)c1ccnc2c1CCC2. The molecule has 0 spiro atoms. The number of hydrogen-bond acceptors (Lipinski definition) is 2. The fraction of sp³-hybridized carbons (Fsp3) is 0.333. The summed E-state index contributed by atoms with van der Waals surface area (Å²) in [5.74, 6) is -0.337. The molecule has 12 heavy (non-hydrogen) atoms. The average Bonchev–Trinajstić information content (AvgIpc) is 2.49. The Balaban J connectivity index is 2.56. The zero-order chi connectivity index (χ0) is 8.55. The van der Waals surface area contributed by atoms with Gasteiger partial charge >= 0.3 is 0 Å². The molecule has 3 heteroatoms. The summed E-state index contributed by atoms with van der Waals surface area (Å²) in [4.78, 5) is 15.1. The van der Waals surface area contributed by atoms with E-state index in [1.807, 2.05) is 0 Å². The Morgan fingerprint density at radius 2 is 2.33 bits per heavy atom. The van der Waals surface area contributed by atoms with Crippen LogP contribution in [0.1, 0.15) is 28.0 Å². The summed E-state index contributed by atoms with van der Waals surface area (Å²) in [5.41, 5.74) is 7.98. The zero-order valence-corrected chi connectivity index (χ0v) is 6.71. The third kappa shape index (κ3) is 0.978. The van der Waals surface area contributed by atoms with Crippen LogP contribution in [0.3, 0.4) is 0 Å². The molecule has 1 aromatic heterocycles. The lowest BCUT2D eigenvalue weighted by molar-refractivity contribution is 0.0999. The number of nitrogens with zero attached hydrogens (tertiary/aromatic N) is 1. The number of rotatable bonds is 1. The smallest absolute Gasteiger partial charge is 0.249 e. The lowest BCUT2D eigenvalue weighted by Gasteiger charge is -2.02. The maximum Gasteiger partial charge on any atom is 0.249 e. The fourth-order valence-electron chi connectivity index (χ4n) is 1.69. The van der Waals surface area contributed by atoms with E-state index in [2.05, 4.69) is 4.98 Å². The van der Waals surface area contributed by atoms with Crippen LogP contribution < -0.4 is 5.73 Å². The van der Waals surface area contributed by atoms with Gasteiger partial charge in [0.05, 0.1) is 0 Å². The summed E-state index contributed by atoms with van der Waals surface area (Å²) >= 11 is 0. The van der Waals surface area contributed by atoms with Crippen molar-refractivity contribution in [2.24, 2.45) is 5.73 Å². The van der Waals surface area contributed by atoms with Crippen molar-refractivity contribution >= 4 is 5.91 Å². The second-order valence-electron chi connectivity index (χ2n) is 3.00. The van der Waals surface area contributed by atoms with Gasteiger partial charge in [0.1, 0.15) is 0 Å². The molecule has 1 amide bonds. The van der Waals surface area contributed by atoms with Crippen LogP contribution >= 0.6 is 0 Å². The second kappa shape index (κ2) is 2.59. The summed E-state index contributed by atoms with van der Waals surface area (Å²) in [6.45, 7) is 0. The molecule has 0 saturated carbocycles. The molecule has 2 N–H and O–H groups in total. The van der Waals surface area contributed by atoms with Gasteiger partial charge in [-0.2, -0.15) is 0 Å². The number of aryl methyl sites for hydroxylation is 1. The molecule has 0 bridgehead atoms. The molecule has 0 unspecified atom stereocenters. The largest absolute Gasteiger partial charge is 0.366 e. The Bertz CT molecular complexity index is 333. The highest BCUT2D eigenvalue weighted by Gasteiger charge is 2.17. The molecule has 0 saturated heterocycles. The summed E-state index contributed by atoms with van der Waals surface area (Å²) < 4.78 is 0. The van der Waals surface area contributed by atoms with E-state index in [4.69, 9.17) is 5.73 Å². The Morgan fingerprint density at radius 3 is 3.08 bits per heavy atom. The van der Waals surface area contributed by atoms with Gasteiger partial charge in [0.25, 0.3) is 0 Å². The van der Waals surface area contributed by atoms with E-state index in [0.29, 0.717) is 5.56 Å². The first-order valence-corrected chi connectivity index (χ1v) is 4.05. The highest BCUT2D eigenvalue weighted by molar-refractivity contribution is 5.94. The van der Waals surface area contributed by atoms with Crippen LogP contribution in [0.15, 0.2) is 12.3 Å². The van der Waals surface area contributed by atoms with Crippen LogP contribution in [0.5, 0.6) is 0 Å². The summed E-state index contributed by atoms with van der Waals surface area (Å²) in [6.07, 6.45) is 4.68. The van der Waals surface area contributed by atoms with Crippen molar-refractivity contribution in [3.05, 3.63) is 29.1 Å². The average molecular weight is 162 g/mol. The molecule has 0 atom stereocenters. The molecule has 1 heterocycles. The highest BCUT2D eigenvalue weighted by Crippen LogP contribution is 2.22. The standard InChI is InChI=1S/C9H10N2O/c10-9(12)7-4-5-11-8-3-1-2-6(7)8/h4-5H,1-3H2,(H2,10,12). The van der Waals surface area contributed by atoms with Crippen LogP contribution in [-0.2, 0) is 12.8 Å². The number of pyridine rings is 1. The van der Waals surface area contributed by atoms with Gasteiger partial charge in [-0.15, -0.1) is 0 Å². The van der Waals surface area contributed by atoms with Crippen molar-refractivity contribution in [3.8, 4) is 0 Å². The Hall–Kier alpha value is -1.38. The van der Waals surface area contributed by atoms with E-state index in [0.717, 1.165) is 30.5 Å². The normalized spacial score (nSPS) is 14.3. The lowest BCUT2D eigenvalue weighted by Crippen LogP contribution is -2.13. The number of carbonyl (C=O) groups excluding carboxylic acids is 1. The van der Waals surface area contributed by atoms with E-state index in [1.165, 1.54) is 0 Å². The number of primary amides is 1. The summed E-state index contributed by atoms with van der Waals surface area (Å²) in [5, 5.41) is 0. The van der Waals surface area contributed by atoms with Gasteiger partial charge in [-0.05, 0) is 30.9 Å². The number of fused-ring (bicyclic) bond motifs is 1. The number of aromatic nitrogens is 1. The van der Waals surface area contributed by atoms with Gasteiger partial charge in [0, 0.05) is 17.5 Å². The van der Waals surface area contributed by atoms with Crippen molar-refractivity contribution in [2.75, 3.05) is 0 Å². The maximum atomic E-state index is 11.0. The van der Waals surface area contributed by atoms with Gasteiger partial charge in [0.15, 0.2) is 0 Å². The lowest BCUT2D eigenvalue weighted by atomic mass is 10.1. The number of nitrogens with two attached hydrogens (primary N) is 1. The Labute approximate surface area is 70.6 Å². The molecule has 0 radical (unpaired) electrons. The zero-order valence-electron chi connectivity index (χ0n) is 6.71. The van der Waals surface area contributed by atoms with E-state index in [1.54, 1.807) is 12.3 Å². The van der Waals surface area contributed by atoms with E-state index in [9.17, 15) is 4.79 Å². The van der Waals surface area contributed by atoms with Crippen molar-refractivity contribution in [2.45, 2.75) is 19.3 Å². The molecular formula is C9H10N2O. The van der Waals surface area contributed by atoms with Crippen molar-refractivity contribution in [3.63, 3.8) is 0 Å². The first-order valence-electron chi connectivity index (χ1n) is 4.05. The van der Waals surface area contributed by atoms with Crippen molar-refractivity contribution in [1.82, 2.24) is 4.98 Å². The first kappa shape index (κ1) is 7.28. The minimum atomic E-state index is -0.337. The predicted octanol–water partition coefficient (Wildman–Crippen LogP) is 0.669. The van der Waals surface area contributed by atoms with Gasteiger partial charge in [-0.3, -0.25) is 9.78 Å². The topological polar surface area (TPSA) is 56.0 Å². The van der Waals surface area contributed by atoms with Gasteiger partial charge in [0.2, 0.25) is 5.91 Å². The van der Waals surface area contributed by atoms with Crippen LogP contribution in [0.25, 0.3) is 0 Å². The molecule has 1 aliphatic carbocycles. The number of hydrogen-bond donors (Lipinski definition) is 1. The molecule has 1 aliphatic rings. The van der Waals surface area contributed by atoms with Crippen LogP contribution in [0.4, 0.5) is 0 Å². The molecule has 3 nitrogen and oxygen atoms in total. The fourth-order valence-corrected chi connectivity index (χ4v) is 1.69. The molecule has 1 aromatic rings. The molecule has 0 aliphatic heterocycles. The molecule has 2 rings (SSSR count). The van der Waals surface area contributed by atoms with Gasteiger partial charge in [-0.1, -0.05) is 0 Å². The van der Waals surface area contributed by atoms with Gasteiger partial charge in [-0.25, -0.2) is 0 Å². The maximum absolute atomic E-state index is 11.0. The minimum absolute atomic E-state index is 0.337. The monoisotopic (exact) mass is 162 g/mol. The number of amides is 1. The highest BCUT2D eigenvalue weighted by atomic mass is 16.1. The van der Waals surface area contributed by atoms with Crippen LogP contribution in [-0.4, -0.2) is 10.9 Å². The quantitative estimate of drug-likeness (QED) is 0.659. The second-order valence-corrected chi connectivity index (χ2v) is 3.00. The van der Waals surface area contributed by atoms with Crippen molar-refractivity contribution in [1.29, 1.82) is 0 Å². The molecular weight excluding hydrogens is 152 g/mol. The minimum Gasteiger partial charge on any atom is -0.366 e.